The van der Waals surface area contributed by atoms with Crippen LogP contribution in [0.25, 0.3) is 0 Å². The predicted octanol–water partition coefficient (Wildman–Crippen LogP) is 2.71. The molecule has 0 unspecified atom stereocenters. The van der Waals surface area contributed by atoms with Crippen LogP contribution in [0.15, 0.2) is 24.3 Å². The highest BCUT2D eigenvalue weighted by Crippen LogP contribution is 2.46. The summed E-state index contributed by atoms with van der Waals surface area (Å²) in [5.74, 6) is 0. The van der Waals surface area contributed by atoms with Crippen molar-refractivity contribution in [2.75, 3.05) is 13.2 Å². The Morgan fingerprint density at radius 1 is 1.25 bits per heavy atom. The molecule has 3 rings (SSSR count). The highest BCUT2D eigenvalue weighted by molar-refractivity contribution is 6.30. The van der Waals surface area contributed by atoms with Crippen LogP contribution in [0.4, 0.5) is 0 Å². The Bertz CT molecular complexity index is 366. The van der Waals surface area contributed by atoms with Crippen molar-refractivity contribution in [3.63, 3.8) is 0 Å². The Kier molecular flexibility index (Phi) is 2.66. The van der Waals surface area contributed by atoms with E-state index >= 15 is 0 Å². The summed E-state index contributed by atoms with van der Waals surface area (Å²) < 4.78 is 5.40. The van der Waals surface area contributed by atoms with Gasteiger partial charge in [0.25, 0.3) is 0 Å². The molecule has 1 heterocycles. The van der Waals surface area contributed by atoms with E-state index in [-0.39, 0.29) is 5.54 Å². The summed E-state index contributed by atoms with van der Waals surface area (Å²) in [6.07, 6.45) is 3.59. The summed E-state index contributed by atoms with van der Waals surface area (Å²) >= 11 is 5.91. The lowest BCUT2D eigenvalue weighted by atomic mass is 10.0. The van der Waals surface area contributed by atoms with Gasteiger partial charge < -0.3 is 10.1 Å². The summed E-state index contributed by atoms with van der Waals surface area (Å²) in [6.45, 7) is 1.75. The second-order valence-corrected chi connectivity index (χ2v) is 5.23. The minimum absolute atomic E-state index is 0.211. The molecule has 1 saturated heterocycles. The van der Waals surface area contributed by atoms with Crippen LogP contribution in [0.1, 0.15) is 24.8 Å². The van der Waals surface area contributed by atoms with Crippen LogP contribution in [0.3, 0.4) is 0 Å². The van der Waals surface area contributed by atoms with E-state index in [0.29, 0.717) is 6.04 Å². The SMILES string of the molecule is Clc1ccc(C2(N[C@H]3CCOC3)CC2)cc1. The van der Waals surface area contributed by atoms with Gasteiger partial charge in [-0.2, -0.15) is 0 Å². The van der Waals surface area contributed by atoms with E-state index in [2.05, 4.69) is 17.4 Å². The van der Waals surface area contributed by atoms with E-state index in [9.17, 15) is 0 Å². The average Bonchev–Trinajstić information content (AvgIpc) is 2.88. The Morgan fingerprint density at radius 3 is 2.56 bits per heavy atom. The molecule has 1 aromatic rings. The number of nitrogens with one attached hydrogen (secondary N) is 1. The molecule has 3 heteroatoms. The first-order valence-electron chi connectivity index (χ1n) is 5.90. The minimum Gasteiger partial charge on any atom is -0.380 e. The number of benzene rings is 1. The molecule has 1 saturated carbocycles. The summed E-state index contributed by atoms with van der Waals surface area (Å²) in [5.41, 5.74) is 1.58. The van der Waals surface area contributed by atoms with Gasteiger partial charge >= 0.3 is 0 Å². The number of hydrogen-bond acceptors (Lipinski definition) is 2. The lowest BCUT2D eigenvalue weighted by Gasteiger charge is -2.22. The number of halogens is 1. The molecule has 0 aromatic heterocycles. The monoisotopic (exact) mass is 237 g/mol. The zero-order valence-electron chi connectivity index (χ0n) is 9.21. The lowest BCUT2D eigenvalue weighted by molar-refractivity contribution is 0.187. The molecule has 2 aliphatic rings. The Hall–Kier alpha value is -0.570. The Morgan fingerprint density at radius 2 is 2.00 bits per heavy atom. The van der Waals surface area contributed by atoms with Crippen molar-refractivity contribution in [1.82, 2.24) is 5.32 Å². The van der Waals surface area contributed by atoms with E-state index in [1.165, 1.54) is 18.4 Å². The van der Waals surface area contributed by atoms with E-state index in [0.717, 1.165) is 24.7 Å². The van der Waals surface area contributed by atoms with Crippen LogP contribution < -0.4 is 5.32 Å². The topological polar surface area (TPSA) is 21.3 Å². The quantitative estimate of drug-likeness (QED) is 0.873. The van der Waals surface area contributed by atoms with Gasteiger partial charge in [0.05, 0.1) is 6.61 Å². The molecule has 2 fully saturated rings. The molecule has 0 radical (unpaired) electrons. The van der Waals surface area contributed by atoms with Crippen LogP contribution in [-0.4, -0.2) is 19.3 Å². The zero-order valence-corrected chi connectivity index (χ0v) is 9.96. The molecule has 1 atom stereocenters. The first-order chi connectivity index (χ1) is 7.78. The minimum atomic E-state index is 0.211. The third-order valence-corrected chi connectivity index (χ3v) is 3.81. The van der Waals surface area contributed by atoms with Gasteiger partial charge in [0.15, 0.2) is 0 Å². The lowest BCUT2D eigenvalue weighted by Crippen LogP contribution is -2.38. The normalized spacial score (nSPS) is 26.9. The van der Waals surface area contributed by atoms with Gasteiger partial charge in [0.2, 0.25) is 0 Å². The van der Waals surface area contributed by atoms with Crippen LogP contribution >= 0.6 is 11.6 Å². The smallest absolute Gasteiger partial charge is 0.0620 e. The third kappa shape index (κ3) is 1.97. The molecule has 1 aromatic carbocycles. The van der Waals surface area contributed by atoms with Crippen LogP contribution in [-0.2, 0) is 10.3 Å². The molecule has 86 valence electrons. The van der Waals surface area contributed by atoms with Gasteiger partial charge in [-0.1, -0.05) is 23.7 Å². The first kappa shape index (κ1) is 10.6. The molecule has 16 heavy (non-hydrogen) atoms. The average molecular weight is 238 g/mol. The van der Waals surface area contributed by atoms with Crippen molar-refractivity contribution < 1.29 is 4.74 Å². The van der Waals surface area contributed by atoms with Crippen molar-refractivity contribution >= 4 is 11.6 Å². The third-order valence-electron chi connectivity index (χ3n) is 3.56. The van der Waals surface area contributed by atoms with Crippen LogP contribution in [0, 0.1) is 0 Å². The maximum atomic E-state index is 5.91. The molecule has 0 spiro atoms. The fourth-order valence-corrected chi connectivity index (χ4v) is 2.58. The van der Waals surface area contributed by atoms with E-state index in [1.807, 2.05) is 12.1 Å². The molecule has 0 amide bonds. The molecule has 1 aliphatic heterocycles. The number of rotatable bonds is 3. The number of ether oxygens (including phenoxy) is 1. The van der Waals surface area contributed by atoms with Crippen molar-refractivity contribution in [3.05, 3.63) is 34.9 Å². The van der Waals surface area contributed by atoms with Gasteiger partial charge in [0, 0.05) is 23.2 Å². The fourth-order valence-electron chi connectivity index (χ4n) is 2.45. The zero-order chi connectivity index (χ0) is 11.0. The van der Waals surface area contributed by atoms with Gasteiger partial charge in [-0.15, -0.1) is 0 Å². The van der Waals surface area contributed by atoms with E-state index in [4.69, 9.17) is 16.3 Å². The molecular formula is C13H16ClNO. The molecule has 1 N–H and O–H groups in total. The maximum absolute atomic E-state index is 5.91. The van der Waals surface area contributed by atoms with E-state index in [1.54, 1.807) is 0 Å². The maximum Gasteiger partial charge on any atom is 0.0620 e. The molecular weight excluding hydrogens is 222 g/mol. The van der Waals surface area contributed by atoms with Gasteiger partial charge in [-0.05, 0) is 37.0 Å². The van der Waals surface area contributed by atoms with Gasteiger partial charge in [-0.3, -0.25) is 0 Å². The highest BCUT2D eigenvalue weighted by atomic mass is 35.5. The largest absolute Gasteiger partial charge is 0.380 e. The van der Waals surface area contributed by atoms with Crippen molar-refractivity contribution in [2.45, 2.75) is 30.8 Å². The molecule has 1 aliphatic carbocycles. The second-order valence-electron chi connectivity index (χ2n) is 4.79. The summed E-state index contributed by atoms with van der Waals surface area (Å²) in [7, 11) is 0. The molecule has 2 nitrogen and oxygen atoms in total. The van der Waals surface area contributed by atoms with Crippen molar-refractivity contribution in [1.29, 1.82) is 0 Å². The standard InChI is InChI=1S/C13H16ClNO/c14-11-3-1-10(2-4-11)13(6-7-13)15-12-5-8-16-9-12/h1-4,12,15H,5-9H2/t12-/m0/s1. The van der Waals surface area contributed by atoms with Crippen LogP contribution in [0.2, 0.25) is 5.02 Å². The molecule has 0 bridgehead atoms. The van der Waals surface area contributed by atoms with Crippen molar-refractivity contribution in [3.8, 4) is 0 Å². The van der Waals surface area contributed by atoms with Crippen LogP contribution in [0.5, 0.6) is 0 Å². The van der Waals surface area contributed by atoms with E-state index < -0.39 is 0 Å². The van der Waals surface area contributed by atoms with Gasteiger partial charge in [-0.25, -0.2) is 0 Å². The number of hydrogen-bond donors (Lipinski definition) is 1. The fraction of sp³-hybridized carbons (Fsp3) is 0.538. The highest BCUT2D eigenvalue weighted by Gasteiger charge is 2.45. The summed E-state index contributed by atoms with van der Waals surface area (Å²) in [6, 6.07) is 8.75. The predicted molar refractivity (Wildman–Crippen MR) is 64.7 cm³/mol. The summed E-state index contributed by atoms with van der Waals surface area (Å²) in [4.78, 5) is 0. The summed E-state index contributed by atoms with van der Waals surface area (Å²) in [5, 5.41) is 4.54. The van der Waals surface area contributed by atoms with Gasteiger partial charge in [0.1, 0.15) is 0 Å². The van der Waals surface area contributed by atoms with Crippen molar-refractivity contribution in [2.24, 2.45) is 0 Å². The first-order valence-corrected chi connectivity index (χ1v) is 6.28. The Labute approximate surface area is 101 Å². The second kappa shape index (κ2) is 4.02. The Balaban J connectivity index is 1.74.